The first-order valence-corrected chi connectivity index (χ1v) is 13.8. The molecule has 0 aliphatic carbocycles. The molecule has 0 aliphatic rings. The van der Waals surface area contributed by atoms with Crippen LogP contribution in [-0.2, 0) is 22.5 Å². The van der Waals surface area contributed by atoms with Gasteiger partial charge in [-0.3, -0.25) is 4.79 Å². The minimum atomic E-state index is -0.357. The van der Waals surface area contributed by atoms with E-state index in [9.17, 15) is 9.59 Å². The number of aryl methyl sites for hydroxylation is 1. The molecule has 0 N–H and O–H groups in total. The van der Waals surface area contributed by atoms with Gasteiger partial charge in [-0.1, -0.05) is 69.2 Å². The molecular formula is C34H39NO3. The van der Waals surface area contributed by atoms with E-state index in [0.29, 0.717) is 25.1 Å². The number of benzene rings is 3. The molecule has 0 aromatic heterocycles. The van der Waals surface area contributed by atoms with Gasteiger partial charge in [0.05, 0.1) is 18.7 Å². The van der Waals surface area contributed by atoms with Crippen molar-refractivity contribution in [2.24, 2.45) is 0 Å². The largest absolute Gasteiger partial charge is 0.462 e. The molecular weight excluding hydrogens is 470 g/mol. The number of nitrogens with zero attached hydrogens (tertiary/aromatic N) is 1. The zero-order valence-electron chi connectivity index (χ0n) is 23.0. The van der Waals surface area contributed by atoms with Crippen molar-refractivity contribution in [3.05, 3.63) is 101 Å². The molecule has 0 saturated carbocycles. The van der Waals surface area contributed by atoms with E-state index in [0.717, 1.165) is 48.1 Å². The predicted molar refractivity (Wildman–Crippen MR) is 155 cm³/mol. The Kier molecular flexibility index (Phi) is 11.7. The molecule has 3 aromatic carbocycles. The highest BCUT2D eigenvalue weighted by Crippen LogP contribution is 2.21. The van der Waals surface area contributed by atoms with Crippen LogP contribution in [0.2, 0.25) is 0 Å². The van der Waals surface area contributed by atoms with Crippen LogP contribution in [-0.4, -0.2) is 18.5 Å². The monoisotopic (exact) mass is 509 g/mol. The van der Waals surface area contributed by atoms with Crippen molar-refractivity contribution in [2.75, 3.05) is 11.5 Å². The third kappa shape index (κ3) is 8.92. The number of carbonyl (C=O) groups is 2. The van der Waals surface area contributed by atoms with Crippen LogP contribution < -0.4 is 4.90 Å². The molecule has 0 heterocycles. The van der Waals surface area contributed by atoms with Gasteiger partial charge in [-0.25, -0.2) is 4.79 Å². The Morgan fingerprint density at radius 3 is 1.84 bits per heavy atom. The molecule has 0 spiro atoms. The van der Waals surface area contributed by atoms with Crippen LogP contribution in [0.25, 0.3) is 0 Å². The SMILES string of the molecule is CCCCCC(=O)N(Cc1ccc(C#Cc2ccc(CCCC)cc2)cc1)c1ccc(C(=O)OCC)cc1. The van der Waals surface area contributed by atoms with Crippen LogP contribution in [0, 0.1) is 11.8 Å². The maximum atomic E-state index is 13.2. The second-order valence-electron chi connectivity index (χ2n) is 9.45. The Labute approximate surface area is 228 Å². The first kappa shape index (κ1) is 28.7. The Morgan fingerprint density at radius 2 is 1.29 bits per heavy atom. The molecule has 198 valence electrons. The normalized spacial score (nSPS) is 10.4. The van der Waals surface area contributed by atoms with E-state index in [4.69, 9.17) is 4.74 Å². The number of ether oxygens (including phenoxy) is 1. The van der Waals surface area contributed by atoms with Gasteiger partial charge < -0.3 is 9.64 Å². The zero-order valence-corrected chi connectivity index (χ0v) is 23.0. The van der Waals surface area contributed by atoms with Gasteiger partial charge >= 0.3 is 5.97 Å². The summed E-state index contributed by atoms with van der Waals surface area (Å²) in [6, 6.07) is 23.6. The summed E-state index contributed by atoms with van der Waals surface area (Å²) in [5.74, 6) is 6.21. The van der Waals surface area contributed by atoms with E-state index in [-0.39, 0.29) is 11.9 Å². The van der Waals surface area contributed by atoms with E-state index < -0.39 is 0 Å². The summed E-state index contributed by atoms with van der Waals surface area (Å²) in [6.07, 6.45) is 6.96. The van der Waals surface area contributed by atoms with Gasteiger partial charge in [0, 0.05) is 23.2 Å². The number of anilines is 1. The second-order valence-corrected chi connectivity index (χ2v) is 9.45. The number of unbranched alkanes of at least 4 members (excludes halogenated alkanes) is 3. The molecule has 0 fully saturated rings. The molecule has 4 nitrogen and oxygen atoms in total. The molecule has 0 saturated heterocycles. The van der Waals surface area contributed by atoms with Crippen molar-refractivity contribution in [1.29, 1.82) is 0 Å². The van der Waals surface area contributed by atoms with Gasteiger partial charge in [0.2, 0.25) is 5.91 Å². The molecule has 0 radical (unpaired) electrons. The number of rotatable bonds is 12. The Bertz CT molecular complexity index is 1220. The summed E-state index contributed by atoms with van der Waals surface area (Å²) in [6.45, 7) is 6.90. The van der Waals surface area contributed by atoms with E-state index in [1.165, 1.54) is 18.4 Å². The topological polar surface area (TPSA) is 46.6 Å². The molecule has 3 aromatic rings. The first-order chi connectivity index (χ1) is 18.5. The summed E-state index contributed by atoms with van der Waals surface area (Å²) in [5.41, 5.74) is 5.56. The lowest BCUT2D eigenvalue weighted by Gasteiger charge is -2.23. The lowest BCUT2D eigenvalue weighted by Crippen LogP contribution is -2.30. The van der Waals surface area contributed by atoms with Gasteiger partial charge in [0.15, 0.2) is 0 Å². The average molecular weight is 510 g/mol. The van der Waals surface area contributed by atoms with Gasteiger partial charge in [0.25, 0.3) is 0 Å². The first-order valence-electron chi connectivity index (χ1n) is 13.8. The highest BCUT2D eigenvalue weighted by atomic mass is 16.5. The van der Waals surface area contributed by atoms with Gasteiger partial charge in [-0.2, -0.15) is 0 Å². The smallest absolute Gasteiger partial charge is 0.338 e. The van der Waals surface area contributed by atoms with Crippen LogP contribution >= 0.6 is 0 Å². The predicted octanol–water partition coefficient (Wildman–Crippen LogP) is 7.72. The van der Waals surface area contributed by atoms with Crippen molar-refractivity contribution in [3.8, 4) is 11.8 Å². The molecule has 4 heteroatoms. The number of hydrogen-bond donors (Lipinski definition) is 0. The molecule has 0 bridgehead atoms. The van der Waals surface area contributed by atoms with Gasteiger partial charge in [-0.15, -0.1) is 0 Å². The van der Waals surface area contributed by atoms with E-state index >= 15 is 0 Å². The van der Waals surface area contributed by atoms with Crippen LogP contribution in [0.15, 0.2) is 72.8 Å². The Hall–Kier alpha value is -3.84. The molecule has 0 unspecified atom stereocenters. The van der Waals surface area contributed by atoms with Crippen LogP contribution in [0.1, 0.15) is 91.9 Å². The number of hydrogen-bond acceptors (Lipinski definition) is 3. The third-order valence-corrected chi connectivity index (χ3v) is 6.40. The summed E-state index contributed by atoms with van der Waals surface area (Å²) < 4.78 is 5.08. The van der Waals surface area contributed by atoms with Crippen molar-refractivity contribution in [2.45, 2.75) is 72.3 Å². The zero-order chi connectivity index (χ0) is 27.2. The number of esters is 1. The maximum Gasteiger partial charge on any atom is 0.338 e. The summed E-state index contributed by atoms with van der Waals surface area (Å²) >= 11 is 0. The average Bonchev–Trinajstić information content (AvgIpc) is 2.95. The molecule has 0 atom stereocenters. The molecule has 0 aliphatic heterocycles. The standard InChI is InChI=1S/C34H39NO3/c1-4-7-9-11-33(36)35(32-24-22-31(23-25-32)34(37)38-6-3)26-30-20-18-29(19-21-30)17-16-28-14-12-27(13-15-28)10-8-5-2/h12-15,18-25H,4-11,26H2,1-3H3. The van der Waals surface area contributed by atoms with Crippen LogP contribution in [0.4, 0.5) is 5.69 Å². The van der Waals surface area contributed by atoms with Crippen molar-refractivity contribution in [1.82, 2.24) is 0 Å². The third-order valence-electron chi connectivity index (χ3n) is 6.40. The van der Waals surface area contributed by atoms with Gasteiger partial charge in [-0.05, 0) is 85.8 Å². The second kappa shape index (κ2) is 15.4. The molecule has 1 amide bonds. The van der Waals surface area contributed by atoms with E-state index in [2.05, 4.69) is 50.0 Å². The van der Waals surface area contributed by atoms with Gasteiger partial charge in [0.1, 0.15) is 0 Å². The van der Waals surface area contributed by atoms with E-state index in [1.54, 1.807) is 24.0 Å². The highest BCUT2D eigenvalue weighted by molar-refractivity contribution is 5.94. The van der Waals surface area contributed by atoms with Crippen LogP contribution in [0.3, 0.4) is 0 Å². The number of amides is 1. The molecule has 38 heavy (non-hydrogen) atoms. The lowest BCUT2D eigenvalue weighted by molar-refractivity contribution is -0.118. The minimum Gasteiger partial charge on any atom is -0.462 e. The summed E-state index contributed by atoms with van der Waals surface area (Å²) in [5, 5.41) is 0. The fourth-order valence-electron chi connectivity index (χ4n) is 4.13. The summed E-state index contributed by atoms with van der Waals surface area (Å²) in [7, 11) is 0. The quantitative estimate of drug-likeness (QED) is 0.143. The summed E-state index contributed by atoms with van der Waals surface area (Å²) in [4.78, 5) is 27.0. The highest BCUT2D eigenvalue weighted by Gasteiger charge is 2.17. The Balaban J connectivity index is 1.72. The lowest BCUT2D eigenvalue weighted by atomic mass is 10.1. The maximum absolute atomic E-state index is 13.2. The Morgan fingerprint density at radius 1 is 0.711 bits per heavy atom. The number of carbonyl (C=O) groups excluding carboxylic acids is 2. The molecule has 3 rings (SSSR count). The fourth-order valence-corrected chi connectivity index (χ4v) is 4.13. The van der Waals surface area contributed by atoms with Crippen molar-refractivity contribution in [3.63, 3.8) is 0 Å². The van der Waals surface area contributed by atoms with Crippen LogP contribution in [0.5, 0.6) is 0 Å². The van der Waals surface area contributed by atoms with Crippen molar-refractivity contribution < 1.29 is 14.3 Å². The van der Waals surface area contributed by atoms with E-state index in [1.807, 2.05) is 36.4 Å². The minimum absolute atomic E-state index is 0.0774. The fraction of sp³-hybridized carbons (Fsp3) is 0.353. The van der Waals surface area contributed by atoms with Crippen molar-refractivity contribution >= 4 is 17.6 Å².